The van der Waals surface area contributed by atoms with E-state index in [2.05, 4.69) is 0 Å². The maximum Gasteiger partial charge on any atom is 1.00 e. The van der Waals surface area contributed by atoms with E-state index in [4.69, 9.17) is 38.6 Å². The van der Waals surface area contributed by atoms with Crippen LogP contribution in [0.5, 0.6) is 0 Å². The van der Waals surface area contributed by atoms with E-state index < -0.39 is 10.4 Å². The van der Waals surface area contributed by atoms with Crippen LogP contribution in [0.2, 0.25) is 0 Å². The predicted molar refractivity (Wildman–Crippen MR) is 25.3 cm³/mol. The van der Waals surface area contributed by atoms with Gasteiger partial charge in [0, 0.05) is 44.5 Å². The summed E-state index contributed by atoms with van der Waals surface area (Å²) in [6.07, 6.45) is 0. The van der Waals surface area contributed by atoms with Crippen LogP contribution in [-0.2, 0) is 44.5 Å². The van der Waals surface area contributed by atoms with Crippen molar-refractivity contribution in [1.82, 2.24) is 12.3 Å². The quantitative estimate of drug-likeness (QED) is 0.125. The first-order chi connectivity index (χ1) is 4.00. The van der Waals surface area contributed by atoms with Gasteiger partial charge in [-0.05, 0) is 0 Å². The molecule has 0 unspecified atom stereocenters. The van der Waals surface area contributed by atoms with Crippen molar-refractivity contribution >= 4 is 10.4 Å². The van der Waals surface area contributed by atoms with Gasteiger partial charge in [0.25, 0.3) is 0 Å². The van der Waals surface area contributed by atoms with Crippen molar-refractivity contribution in [2.75, 3.05) is 0 Å². The van der Waals surface area contributed by atoms with E-state index in [0.29, 0.717) is 0 Å². The third-order valence-corrected chi connectivity index (χ3v) is 0. The molecule has 0 aromatic heterocycles. The van der Waals surface area contributed by atoms with E-state index in [1.54, 1.807) is 0 Å². The maximum absolute atomic E-state index is 8.52. The van der Waals surface area contributed by atoms with Gasteiger partial charge in [-0.15, -0.1) is 0 Å². The molecule has 0 aliphatic rings. The SMILES string of the molecule is O=S(=O)([O-])[O-].OO.OO.[Fe].[Fe].[N+].[N+]. The van der Waals surface area contributed by atoms with E-state index in [-0.39, 0.29) is 46.4 Å². The van der Waals surface area contributed by atoms with Crippen molar-refractivity contribution < 1.29 is 72.7 Å². The summed E-state index contributed by atoms with van der Waals surface area (Å²) in [7, 11) is -5.17. The Morgan fingerprint density at radius 1 is 0.769 bits per heavy atom. The molecule has 0 aromatic rings. The first kappa shape index (κ1) is 49.3. The van der Waals surface area contributed by atoms with Crippen LogP contribution < -0.4 is 12.3 Å². The minimum Gasteiger partial charge on any atom is -0.759 e. The fraction of sp³-hybridized carbons (Fsp3) is 0. The molecular formula is H4Fe2N2O8S. The molecule has 0 aromatic carbocycles. The van der Waals surface area contributed by atoms with Gasteiger partial charge >= 0.3 is 12.3 Å². The Labute approximate surface area is 95.5 Å². The Kier molecular flexibility index (Phi) is 147. The molecule has 0 atom stereocenters. The summed E-state index contributed by atoms with van der Waals surface area (Å²) in [6, 6.07) is 0. The van der Waals surface area contributed by atoms with Crippen molar-refractivity contribution in [3.05, 3.63) is 0 Å². The average Bonchev–Trinajstić information content (AvgIpc) is 1.72. The van der Waals surface area contributed by atoms with Crippen molar-refractivity contribution in [3.8, 4) is 0 Å². The molecule has 0 fully saturated rings. The molecule has 0 saturated heterocycles. The third kappa shape index (κ3) is 3220. The Balaban J connectivity index is -0.00000000818. The average molecular weight is 304 g/mol. The Morgan fingerprint density at radius 3 is 0.769 bits per heavy atom. The monoisotopic (exact) mass is 304 g/mol. The number of rotatable bonds is 0. The summed E-state index contributed by atoms with van der Waals surface area (Å²) in [5, 5.41) is 24.0. The molecule has 84 valence electrons. The fourth-order valence-corrected chi connectivity index (χ4v) is 0. The molecule has 8 radical (unpaired) electrons. The van der Waals surface area contributed by atoms with E-state index >= 15 is 0 Å². The van der Waals surface area contributed by atoms with E-state index in [0.717, 1.165) is 0 Å². The maximum atomic E-state index is 8.52. The van der Waals surface area contributed by atoms with Crippen LogP contribution >= 0.6 is 0 Å². The molecule has 0 spiro atoms. The number of nitrogens with zero attached hydrogens (tertiary/aromatic N) is 2. The Hall–Kier alpha value is 0.669. The summed E-state index contributed by atoms with van der Waals surface area (Å²) >= 11 is 0. The molecule has 0 saturated carbocycles. The molecule has 13 heteroatoms. The molecule has 0 bridgehead atoms. The smallest absolute Gasteiger partial charge is 0.759 e. The van der Waals surface area contributed by atoms with Gasteiger partial charge in [0.15, 0.2) is 0 Å². The van der Waals surface area contributed by atoms with Crippen molar-refractivity contribution in [2.24, 2.45) is 0 Å². The molecule has 0 aliphatic carbocycles. The van der Waals surface area contributed by atoms with Gasteiger partial charge in [-0.1, -0.05) is 0 Å². The van der Waals surface area contributed by atoms with Gasteiger partial charge in [0.1, 0.15) is 0 Å². The van der Waals surface area contributed by atoms with Crippen LogP contribution in [0.3, 0.4) is 0 Å². The first-order valence-corrected chi connectivity index (χ1v) is 2.40. The molecular weight excluding hydrogens is 300 g/mol. The summed E-state index contributed by atoms with van der Waals surface area (Å²) in [5.74, 6) is 0. The van der Waals surface area contributed by atoms with E-state index in [9.17, 15) is 0 Å². The molecule has 0 rings (SSSR count). The zero-order valence-corrected chi connectivity index (χ0v) is 8.46. The second-order valence-electron chi connectivity index (χ2n) is 0.408. The second kappa shape index (κ2) is 38.8. The van der Waals surface area contributed by atoms with Gasteiger partial charge in [-0.3, -0.25) is 29.4 Å². The molecule has 4 N–H and O–H groups in total. The van der Waals surface area contributed by atoms with Crippen LogP contribution in [-0.4, -0.2) is 38.6 Å². The van der Waals surface area contributed by atoms with Crippen LogP contribution in [0.1, 0.15) is 0 Å². The number of hydrogen-bond acceptors (Lipinski definition) is 8. The molecule has 10 nitrogen and oxygen atoms in total. The molecule has 13 heavy (non-hydrogen) atoms. The minimum atomic E-state index is -5.17. The van der Waals surface area contributed by atoms with Crippen LogP contribution in [0.4, 0.5) is 0 Å². The van der Waals surface area contributed by atoms with Crippen molar-refractivity contribution in [3.63, 3.8) is 0 Å². The summed E-state index contributed by atoms with van der Waals surface area (Å²) in [5.41, 5.74) is 0. The standard InChI is InChI=1S/2Fe.2N.H2O4S.2H2O2/c;;;;1-5(2,3)4;2*1-2/h;;;;(H2,1,2,3,4);2*1-2H/q;;2*+1;;;/p-2. The third-order valence-electron chi connectivity index (χ3n) is 0. The van der Waals surface area contributed by atoms with Gasteiger partial charge in [-0.25, -0.2) is 0 Å². The molecule has 0 heterocycles. The van der Waals surface area contributed by atoms with Crippen molar-refractivity contribution in [1.29, 1.82) is 0 Å². The Morgan fingerprint density at radius 2 is 0.769 bits per heavy atom. The van der Waals surface area contributed by atoms with Crippen molar-refractivity contribution in [2.45, 2.75) is 0 Å². The zero-order chi connectivity index (χ0) is 8.50. The Bertz CT molecular complexity index is 103. The summed E-state index contributed by atoms with van der Waals surface area (Å²) in [4.78, 5) is 0. The second-order valence-corrected chi connectivity index (χ2v) is 1.22. The summed E-state index contributed by atoms with van der Waals surface area (Å²) < 4.78 is 34.1. The van der Waals surface area contributed by atoms with Crippen LogP contribution in [0, 0.1) is 0 Å². The fourth-order valence-electron chi connectivity index (χ4n) is 0. The van der Waals surface area contributed by atoms with Crippen LogP contribution in [0.15, 0.2) is 0 Å². The van der Waals surface area contributed by atoms with E-state index in [1.165, 1.54) is 0 Å². The molecule has 0 amide bonds. The van der Waals surface area contributed by atoms with Gasteiger partial charge in [0.05, 0.1) is 0 Å². The van der Waals surface area contributed by atoms with Crippen LogP contribution in [0.25, 0.3) is 0 Å². The minimum absolute atomic E-state index is 0. The normalized spacial score (nSPS) is 5.38. The van der Waals surface area contributed by atoms with Gasteiger partial charge in [0.2, 0.25) is 0 Å². The first-order valence-electron chi connectivity index (χ1n) is 1.07. The largest absolute Gasteiger partial charge is 1.00 e. The van der Waals surface area contributed by atoms with E-state index in [1.807, 2.05) is 0 Å². The van der Waals surface area contributed by atoms with Gasteiger partial charge < -0.3 is 9.11 Å². The summed E-state index contributed by atoms with van der Waals surface area (Å²) in [6.45, 7) is 0. The van der Waals surface area contributed by atoms with Gasteiger partial charge in [-0.2, -0.15) is 0 Å². The molecule has 0 aliphatic heterocycles. The number of hydrogen-bond donors (Lipinski definition) is 4. The topological polar surface area (TPSA) is 222 Å². The zero-order valence-electron chi connectivity index (χ0n) is 5.43. The predicted octanol–water partition coefficient (Wildman–Crippen LogP) is -2.27.